The van der Waals surface area contributed by atoms with E-state index in [2.05, 4.69) is 20.5 Å². The number of hydrogen-bond acceptors (Lipinski definition) is 7. The predicted octanol–water partition coefficient (Wildman–Crippen LogP) is 2.84. The fourth-order valence-corrected chi connectivity index (χ4v) is 5.78. The van der Waals surface area contributed by atoms with E-state index in [1.807, 2.05) is 52.5 Å². The van der Waals surface area contributed by atoms with Gasteiger partial charge in [-0.2, -0.15) is 0 Å². The molecule has 0 spiro atoms. The minimum Gasteiger partial charge on any atom is -0.464 e. The van der Waals surface area contributed by atoms with Gasteiger partial charge >= 0.3 is 5.97 Å². The molecule has 198 valence electrons. The van der Waals surface area contributed by atoms with E-state index in [0.717, 1.165) is 32.8 Å². The van der Waals surface area contributed by atoms with Crippen LogP contribution >= 0.6 is 11.3 Å². The monoisotopic (exact) mass is 543 g/mol. The number of thiophene rings is 1. The number of methoxy groups -OCH3 is 1. The van der Waals surface area contributed by atoms with Crippen molar-refractivity contribution in [3.05, 3.63) is 81.8 Å². The number of nitrogens with zero attached hydrogens (tertiary/aromatic N) is 5. The quantitative estimate of drug-likeness (QED) is 0.317. The van der Waals surface area contributed by atoms with Crippen LogP contribution in [0.15, 0.2) is 54.0 Å². The Morgan fingerprint density at radius 3 is 2.79 bits per heavy atom. The molecule has 0 aliphatic carbocycles. The second kappa shape index (κ2) is 9.55. The van der Waals surface area contributed by atoms with Gasteiger partial charge in [0, 0.05) is 43.4 Å². The minimum absolute atomic E-state index is 0.0133. The number of rotatable bonds is 6. The fourth-order valence-electron chi connectivity index (χ4n) is 5.07. The summed E-state index contributed by atoms with van der Waals surface area (Å²) in [6.45, 7) is 0. The average molecular weight is 544 g/mol. The average Bonchev–Trinajstić information content (AvgIpc) is 3.74. The molecular formula is C27H25N7O4S. The van der Waals surface area contributed by atoms with Gasteiger partial charge in [-0.25, -0.2) is 9.78 Å². The first-order chi connectivity index (χ1) is 18.9. The number of nitrogens with one attached hydrogen (secondary N) is 2. The van der Waals surface area contributed by atoms with Crippen LogP contribution in [0.25, 0.3) is 16.7 Å². The number of aromatic amines is 1. The number of ether oxygens (including phenoxy) is 1. The Bertz CT molecular complexity index is 1730. The second-order valence-corrected chi connectivity index (χ2v) is 10.3. The summed E-state index contributed by atoms with van der Waals surface area (Å²) in [6, 6.07) is 12.4. The maximum absolute atomic E-state index is 13.5. The fraction of sp³-hybridized carbons (Fsp3) is 0.222. The van der Waals surface area contributed by atoms with Gasteiger partial charge in [-0.3, -0.25) is 14.7 Å². The molecule has 1 aromatic carbocycles. The van der Waals surface area contributed by atoms with Crippen molar-refractivity contribution in [1.82, 2.24) is 29.6 Å². The highest BCUT2D eigenvalue weighted by atomic mass is 32.1. The Morgan fingerprint density at radius 2 is 2.03 bits per heavy atom. The Balaban J connectivity index is 1.32. The first kappa shape index (κ1) is 24.6. The van der Waals surface area contributed by atoms with E-state index in [9.17, 15) is 14.4 Å². The normalized spacial score (nSPS) is 15.0. The number of amides is 2. The van der Waals surface area contributed by atoms with E-state index in [0.29, 0.717) is 17.9 Å². The zero-order chi connectivity index (χ0) is 27.3. The van der Waals surface area contributed by atoms with Crippen LogP contribution in [0, 0.1) is 0 Å². The molecule has 2 amide bonds. The third kappa shape index (κ3) is 4.18. The largest absolute Gasteiger partial charge is 0.464 e. The molecule has 6 rings (SSSR count). The molecular weight excluding hydrogens is 518 g/mol. The molecule has 0 bridgehead atoms. The SMILES string of the molecule is COC(=O)c1ccc(-n2cc3c4c(cccc42)N(C)C(=O)[C@@H](NC(=O)c2n[nH]c(Cc4cccs4)n2)C3)n1C. The van der Waals surface area contributed by atoms with Crippen molar-refractivity contribution in [1.29, 1.82) is 0 Å². The summed E-state index contributed by atoms with van der Waals surface area (Å²) in [4.78, 5) is 45.7. The maximum Gasteiger partial charge on any atom is 0.354 e. The number of aromatic nitrogens is 5. The van der Waals surface area contributed by atoms with Crippen molar-refractivity contribution >= 4 is 45.7 Å². The van der Waals surface area contributed by atoms with Gasteiger partial charge in [0.15, 0.2) is 0 Å². The van der Waals surface area contributed by atoms with Gasteiger partial charge in [-0.1, -0.05) is 12.1 Å². The molecule has 5 aromatic rings. The molecule has 1 atom stereocenters. The highest BCUT2D eigenvalue weighted by Gasteiger charge is 2.33. The summed E-state index contributed by atoms with van der Waals surface area (Å²) in [5.74, 6) is 0.133. The molecule has 0 radical (unpaired) electrons. The second-order valence-electron chi connectivity index (χ2n) is 9.31. The number of carbonyl (C=O) groups excluding carboxylic acids is 3. The number of benzene rings is 1. The molecule has 12 heteroatoms. The molecule has 0 fully saturated rings. The summed E-state index contributed by atoms with van der Waals surface area (Å²) < 4.78 is 8.65. The van der Waals surface area contributed by atoms with Crippen LogP contribution in [0.4, 0.5) is 5.69 Å². The molecule has 11 nitrogen and oxygen atoms in total. The zero-order valence-corrected chi connectivity index (χ0v) is 22.3. The highest BCUT2D eigenvalue weighted by Crippen LogP contribution is 2.36. The molecule has 0 saturated heterocycles. The van der Waals surface area contributed by atoms with Crippen molar-refractivity contribution in [3.63, 3.8) is 0 Å². The van der Waals surface area contributed by atoms with Gasteiger partial charge in [-0.15, -0.1) is 16.4 Å². The molecule has 2 N–H and O–H groups in total. The number of likely N-dealkylation sites (N-methyl/N-ethyl adjacent to an activating group) is 1. The Morgan fingerprint density at radius 1 is 1.18 bits per heavy atom. The molecule has 0 saturated carbocycles. The number of hydrogen-bond donors (Lipinski definition) is 2. The Labute approximate surface area is 227 Å². The van der Waals surface area contributed by atoms with Crippen LogP contribution < -0.4 is 10.2 Å². The highest BCUT2D eigenvalue weighted by molar-refractivity contribution is 7.09. The third-order valence-corrected chi connectivity index (χ3v) is 7.88. The van der Waals surface area contributed by atoms with E-state index in [1.165, 1.54) is 7.11 Å². The Kier molecular flexibility index (Phi) is 6.03. The van der Waals surface area contributed by atoms with Crippen LogP contribution in [-0.2, 0) is 29.4 Å². The lowest BCUT2D eigenvalue weighted by molar-refractivity contribution is -0.120. The maximum atomic E-state index is 13.5. The van der Waals surface area contributed by atoms with E-state index < -0.39 is 17.9 Å². The summed E-state index contributed by atoms with van der Waals surface area (Å²) in [7, 11) is 4.85. The number of anilines is 1. The first-order valence-electron chi connectivity index (χ1n) is 12.2. The van der Waals surface area contributed by atoms with Gasteiger partial charge in [0.1, 0.15) is 23.4 Å². The third-order valence-electron chi connectivity index (χ3n) is 7.00. The summed E-state index contributed by atoms with van der Waals surface area (Å²) in [6.07, 6.45) is 2.76. The standard InChI is InChI=1S/C27H25N7O4S/c1-32-20(27(37)38-3)9-10-22(32)34-14-15-12-17(26(36)33(2)18-7-4-8-19(34)23(15)18)28-25(35)24-29-21(30-31-24)13-16-6-5-11-39-16/h4-11,14,17H,12-13H2,1-3H3,(H,28,35)(H,29,30,31)/t17-/m0/s1. The molecule has 1 aliphatic heterocycles. The van der Waals surface area contributed by atoms with E-state index >= 15 is 0 Å². The van der Waals surface area contributed by atoms with Crippen molar-refractivity contribution in [3.8, 4) is 5.82 Å². The number of carbonyl (C=O) groups is 3. The van der Waals surface area contributed by atoms with Gasteiger partial charge in [0.2, 0.25) is 11.7 Å². The Hall–Kier alpha value is -4.71. The lowest BCUT2D eigenvalue weighted by Crippen LogP contribution is -2.48. The predicted molar refractivity (Wildman–Crippen MR) is 145 cm³/mol. The van der Waals surface area contributed by atoms with Crippen LogP contribution in [0.3, 0.4) is 0 Å². The first-order valence-corrected chi connectivity index (χ1v) is 13.1. The van der Waals surface area contributed by atoms with Gasteiger partial charge in [0.25, 0.3) is 5.91 Å². The van der Waals surface area contributed by atoms with Crippen LogP contribution in [0.2, 0.25) is 0 Å². The smallest absolute Gasteiger partial charge is 0.354 e. The van der Waals surface area contributed by atoms with Gasteiger partial charge in [0.05, 0.1) is 18.3 Å². The lowest BCUT2D eigenvalue weighted by atomic mass is 10.1. The number of H-pyrrole nitrogens is 1. The van der Waals surface area contributed by atoms with Crippen molar-refractivity contribution in [2.24, 2.45) is 7.05 Å². The molecule has 4 aromatic heterocycles. The zero-order valence-electron chi connectivity index (χ0n) is 21.5. The summed E-state index contributed by atoms with van der Waals surface area (Å²) in [5.41, 5.74) is 2.92. The number of esters is 1. The van der Waals surface area contributed by atoms with E-state index in [1.54, 1.807) is 41.0 Å². The molecule has 5 heterocycles. The summed E-state index contributed by atoms with van der Waals surface area (Å²) >= 11 is 1.60. The van der Waals surface area contributed by atoms with Crippen LogP contribution in [0.1, 0.15) is 37.4 Å². The topological polar surface area (TPSA) is 127 Å². The van der Waals surface area contributed by atoms with Gasteiger partial charge < -0.3 is 24.1 Å². The van der Waals surface area contributed by atoms with Gasteiger partial charge in [-0.05, 0) is 41.3 Å². The van der Waals surface area contributed by atoms with E-state index in [4.69, 9.17) is 4.74 Å². The molecule has 0 unspecified atom stereocenters. The van der Waals surface area contributed by atoms with Crippen LogP contribution in [-0.4, -0.2) is 62.3 Å². The van der Waals surface area contributed by atoms with E-state index in [-0.39, 0.29) is 18.2 Å². The molecule has 1 aliphatic rings. The lowest BCUT2D eigenvalue weighted by Gasteiger charge is -2.22. The minimum atomic E-state index is -0.827. The molecule has 39 heavy (non-hydrogen) atoms. The summed E-state index contributed by atoms with van der Waals surface area (Å²) in [5, 5.41) is 12.6. The van der Waals surface area contributed by atoms with Crippen molar-refractivity contribution in [2.45, 2.75) is 18.9 Å². The van der Waals surface area contributed by atoms with Crippen molar-refractivity contribution in [2.75, 3.05) is 19.1 Å². The van der Waals surface area contributed by atoms with Crippen LogP contribution in [0.5, 0.6) is 0 Å². The van der Waals surface area contributed by atoms with Crippen molar-refractivity contribution < 1.29 is 19.1 Å².